The largest absolute Gasteiger partial charge is 0.481 e. The molecule has 1 aromatic rings. The van der Waals surface area contributed by atoms with Crippen molar-refractivity contribution in [3.05, 3.63) is 34.9 Å². The van der Waals surface area contributed by atoms with Crippen molar-refractivity contribution < 1.29 is 9.90 Å². The molecule has 0 aliphatic rings. The zero-order valence-corrected chi connectivity index (χ0v) is 10.7. The average molecular weight is 256 g/mol. The summed E-state index contributed by atoms with van der Waals surface area (Å²) in [6, 6.07) is 7.58. The number of hydrogen-bond acceptors (Lipinski definition) is 2. The van der Waals surface area contributed by atoms with Crippen LogP contribution in [-0.2, 0) is 4.79 Å². The van der Waals surface area contributed by atoms with E-state index in [0.29, 0.717) is 11.4 Å². The van der Waals surface area contributed by atoms with Crippen molar-refractivity contribution in [2.45, 2.75) is 25.7 Å². The van der Waals surface area contributed by atoms with Crippen molar-refractivity contribution in [1.29, 1.82) is 0 Å². The Morgan fingerprint density at radius 1 is 1.53 bits per heavy atom. The van der Waals surface area contributed by atoms with Crippen LogP contribution < -0.4 is 5.73 Å². The van der Waals surface area contributed by atoms with E-state index in [1.807, 2.05) is 31.2 Å². The lowest BCUT2D eigenvalue weighted by Crippen LogP contribution is -2.25. The van der Waals surface area contributed by atoms with E-state index in [9.17, 15) is 4.79 Å². The van der Waals surface area contributed by atoms with Crippen LogP contribution in [0, 0.1) is 5.92 Å². The van der Waals surface area contributed by atoms with Crippen LogP contribution in [0.3, 0.4) is 0 Å². The van der Waals surface area contributed by atoms with Gasteiger partial charge in [0.25, 0.3) is 0 Å². The van der Waals surface area contributed by atoms with Crippen molar-refractivity contribution in [2.24, 2.45) is 11.7 Å². The van der Waals surface area contributed by atoms with Gasteiger partial charge in [0.2, 0.25) is 0 Å². The number of carboxylic acid groups (broad SMARTS) is 1. The normalized spacial score (nSPS) is 14.3. The minimum absolute atomic E-state index is 0.173. The lowest BCUT2D eigenvalue weighted by molar-refractivity contribution is -0.141. The summed E-state index contributed by atoms with van der Waals surface area (Å²) in [5.41, 5.74) is 6.56. The van der Waals surface area contributed by atoms with Crippen LogP contribution in [0.1, 0.15) is 31.2 Å². The molecule has 0 amide bonds. The first-order valence-electron chi connectivity index (χ1n) is 5.76. The molecule has 0 bridgehead atoms. The minimum atomic E-state index is -0.826. The van der Waals surface area contributed by atoms with Gasteiger partial charge in [0.15, 0.2) is 0 Å². The van der Waals surface area contributed by atoms with Gasteiger partial charge < -0.3 is 10.8 Å². The number of halogens is 1. The van der Waals surface area contributed by atoms with E-state index in [0.717, 1.165) is 12.0 Å². The summed E-state index contributed by atoms with van der Waals surface area (Å²) in [7, 11) is 0. The molecule has 17 heavy (non-hydrogen) atoms. The average Bonchev–Trinajstić information content (AvgIpc) is 2.30. The molecule has 0 spiro atoms. The van der Waals surface area contributed by atoms with Crippen LogP contribution in [0.5, 0.6) is 0 Å². The molecule has 3 nitrogen and oxygen atoms in total. The molecule has 0 saturated carbocycles. The number of nitrogens with two attached hydrogens (primary N) is 1. The molecule has 0 radical (unpaired) electrons. The Morgan fingerprint density at radius 3 is 2.71 bits per heavy atom. The van der Waals surface area contributed by atoms with Crippen LogP contribution in [0.2, 0.25) is 5.02 Å². The van der Waals surface area contributed by atoms with Crippen LogP contribution in [0.15, 0.2) is 24.3 Å². The molecule has 1 rings (SSSR count). The third kappa shape index (κ3) is 4.02. The van der Waals surface area contributed by atoms with Crippen LogP contribution in [0.4, 0.5) is 0 Å². The second-order valence-electron chi connectivity index (χ2n) is 4.17. The van der Waals surface area contributed by atoms with E-state index in [2.05, 4.69) is 0 Å². The van der Waals surface area contributed by atoms with Gasteiger partial charge >= 0.3 is 5.97 Å². The number of carbonyl (C=O) groups is 1. The number of benzene rings is 1. The zero-order chi connectivity index (χ0) is 12.8. The number of rotatable bonds is 6. The van der Waals surface area contributed by atoms with E-state index in [4.69, 9.17) is 22.4 Å². The first kappa shape index (κ1) is 14.0. The third-order valence-corrected chi connectivity index (χ3v) is 3.25. The molecule has 0 saturated heterocycles. The summed E-state index contributed by atoms with van der Waals surface area (Å²) in [5.74, 6) is -1.12. The van der Waals surface area contributed by atoms with Crippen molar-refractivity contribution in [1.82, 2.24) is 0 Å². The molecule has 0 fully saturated rings. The maximum absolute atomic E-state index is 11.0. The Morgan fingerprint density at radius 2 is 2.24 bits per heavy atom. The maximum Gasteiger partial charge on any atom is 0.307 e. The van der Waals surface area contributed by atoms with Gasteiger partial charge in [0.1, 0.15) is 0 Å². The number of hydrogen-bond donors (Lipinski definition) is 2. The Hall–Kier alpha value is -1.06. The highest BCUT2D eigenvalue weighted by Crippen LogP contribution is 2.28. The Kier molecular flexibility index (Phi) is 5.45. The van der Waals surface area contributed by atoms with Gasteiger partial charge in [0, 0.05) is 11.6 Å². The van der Waals surface area contributed by atoms with Crippen LogP contribution >= 0.6 is 11.6 Å². The van der Waals surface area contributed by atoms with Gasteiger partial charge in [0.05, 0.1) is 5.92 Å². The molecule has 0 aliphatic heterocycles. The van der Waals surface area contributed by atoms with Crippen molar-refractivity contribution >= 4 is 17.6 Å². The van der Waals surface area contributed by atoms with Gasteiger partial charge in [-0.25, -0.2) is 0 Å². The minimum Gasteiger partial charge on any atom is -0.481 e. The summed E-state index contributed by atoms with van der Waals surface area (Å²) in [4.78, 5) is 11.0. The molecule has 0 aliphatic carbocycles. The van der Waals surface area contributed by atoms with Gasteiger partial charge in [-0.2, -0.15) is 0 Å². The van der Waals surface area contributed by atoms with E-state index < -0.39 is 11.9 Å². The van der Waals surface area contributed by atoms with Gasteiger partial charge in [-0.1, -0.05) is 30.7 Å². The monoisotopic (exact) mass is 255 g/mol. The van der Waals surface area contributed by atoms with Gasteiger partial charge in [-0.15, -0.1) is 0 Å². The molecular weight excluding hydrogens is 238 g/mol. The van der Waals surface area contributed by atoms with E-state index in [-0.39, 0.29) is 12.5 Å². The highest BCUT2D eigenvalue weighted by Gasteiger charge is 2.21. The number of aliphatic carboxylic acids is 1. The second kappa shape index (κ2) is 6.62. The molecule has 3 N–H and O–H groups in total. The van der Waals surface area contributed by atoms with Gasteiger partial charge in [-0.05, 0) is 36.5 Å². The molecule has 2 atom stereocenters. The van der Waals surface area contributed by atoms with E-state index >= 15 is 0 Å². The Labute approximate surface area is 107 Å². The van der Waals surface area contributed by atoms with Crippen molar-refractivity contribution in [3.8, 4) is 0 Å². The maximum atomic E-state index is 11.0. The molecule has 94 valence electrons. The third-order valence-electron chi connectivity index (χ3n) is 3.02. The predicted octanol–water partition coefficient (Wildman–Crippen LogP) is 2.88. The highest BCUT2D eigenvalue weighted by atomic mass is 35.5. The first-order chi connectivity index (χ1) is 8.08. The Bertz CT molecular complexity index is 381. The van der Waals surface area contributed by atoms with Crippen LogP contribution in [0.25, 0.3) is 0 Å². The van der Waals surface area contributed by atoms with E-state index in [1.54, 1.807) is 0 Å². The van der Waals surface area contributed by atoms with Crippen molar-refractivity contribution in [3.63, 3.8) is 0 Å². The molecule has 1 aromatic carbocycles. The number of carboxylic acids is 1. The fraction of sp³-hybridized carbons (Fsp3) is 0.462. The zero-order valence-electron chi connectivity index (χ0n) is 9.90. The molecular formula is C13H18ClNO2. The summed E-state index contributed by atoms with van der Waals surface area (Å²) in [5, 5.41) is 9.69. The van der Waals surface area contributed by atoms with Crippen LogP contribution in [-0.4, -0.2) is 17.6 Å². The molecule has 2 unspecified atom stereocenters. The molecule has 0 heterocycles. The predicted molar refractivity (Wildman–Crippen MR) is 69.3 cm³/mol. The second-order valence-corrected chi connectivity index (χ2v) is 4.60. The van der Waals surface area contributed by atoms with Crippen molar-refractivity contribution in [2.75, 3.05) is 6.54 Å². The molecule has 0 aromatic heterocycles. The topological polar surface area (TPSA) is 63.3 Å². The summed E-state index contributed by atoms with van der Waals surface area (Å²) < 4.78 is 0. The molecule has 4 heteroatoms. The highest BCUT2D eigenvalue weighted by molar-refractivity contribution is 6.30. The summed E-state index contributed by atoms with van der Waals surface area (Å²) >= 11 is 5.94. The fourth-order valence-corrected chi connectivity index (χ4v) is 2.14. The lowest BCUT2D eigenvalue weighted by atomic mass is 9.87. The standard InChI is InChI=1S/C13H18ClNO2/c1-2-9(6-11(8-15)13(16)17)10-4-3-5-12(14)7-10/h3-5,7,9,11H,2,6,8,15H2,1H3,(H,16,17). The smallest absolute Gasteiger partial charge is 0.307 e. The summed E-state index contributed by atoms with van der Waals surface area (Å²) in [6.45, 7) is 2.22. The lowest BCUT2D eigenvalue weighted by Gasteiger charge is -2.19. The fourth-order valence-electron chi connectivity index (χ4n) is 1.94. The summed E-state index contributed by atoms with van der Waals surface area (Å²) in [6.07, 6.45) is 1.44. The van der Waals surface area contributed by atoms with E-state index in [1.165, 1.54) is 0 Å². The quantitative estimate of drug-likeness (QED) is 0.822. The SMILES string of the molecule is CCC(CC(CN)C(=O)O)c1cccc(Cl)c1. The van der Waals surface area contributed by atoms with Gasteiger partial charge in [-0.3, -0.25) is 4.79 Å². The first-order valence-corrected chi connectivity index (χ1v) is 6.14. The Balaban J connectivity index is 2.81.